The van der Waals surface area contributed by atoms with Crippen molar-refractivity contribution in [3.63, 3.8) is 0 Å². The maximum atomic E-state index is 13.5. The summed E-state index contributed by atoms with van der Waals surface area (Å²) in [6, 6.07) is 11.2. The highest BCUT2D eigenvalue weighted by atomic mass is 19.4. The summed E-state index contributed by atoms with van der Waals surface area (Å²) in [4.78, 5) is 29.2. The van der Waals surface area contributed by atoms with E-state index in [1.54, 1.807) is 23.1 Å². The molecule has 1 atom stereocenters. The Kier molecular flexibility index (Phi) is 8.35. The molecule has 1 unspecified atom stereocenters. The van der Waals surface area contributed by atoms with E-state index in [4.69, 9.17) is 10.00 Å². The lowest BCUT2D eigenvalue weighted by atomic mass is 10.0. The molecule has 1 N–H and O–H groups in total. The first-order valence-electron chi connectivity index (χ1n) is 11.2. The van der Waals surface area contributed by atoms with Crippen LogP contribution < -0.4 is 10.2 Å². The average Bonchev–Trinajstić information content (AvgIpc) is 2.87. The highest BCUT2D eigenvalue weighted by Gasteiger charge is 2.38. The molecule has 1 saturated heterocycles. The summed E-state index contributed by atoms with van der Waals surface area (Å²) in [5.41, 5.74) is 0.162. The van der Waals surface area contributed by atoms with E-state index >= 15 is 0 Å². The highest BCUT2D eigenvalue weighted by Crippen LogP contribution is 2.35. The van der Waals surface area contributed by atoms with Gasteiger partial charge in [0.1, 0.15) is 6.04 Å². The maximum absolute atomic E-state index is 13.5. The first-order chi connectivity index (χ1) is 16.7. The Morgan fingerprint density at radius 3 is 2.49 bits per heavy atom. The Bertz CT molecular complexity index is 1100. The molecule has 1 aliphatic rings. The standard InChI is InChI=1S/C25H27F3N4O3/c1-3-17-4-6-18(7-5-17)24(34)31-11-12-32(22(16-31)23(33)30-10-13-35-2)20-9-8-19(15-29)21(14-20)25(26,27)28/h4-9,14,22H,3,10-13,16H2,1-2H3,(H,30,33). The van der Waals surface area contributed by atoms with Gasteiger partial charge < -0.3 is 19.9 Å². The molecular weight excluding hydrogens is 461 g/mol. The van der Waals surface area contributed by atoms with Gasteiger partial charge in [-0.15, -0.1) is 0 Å². The Hall–Kier alpha value is -3.58. The Balaban J connectivity index is 1.90. The van der Waals surface area contributed by atoms with Gasteiger partial charge in [0.15, 0.2) is 0 Å². The number of halogens is 3. The number of anilines is 1. The molecule has 3 rings (SSSR count). The minimum atomic E-state index is -4.72. The molecule has 1 aliphatic heterocycles. The quantitative estimate of drug-likeness (QED) is 0.605. The fraction of sp³-hybridized carbons (Fsp3) is 0.400. The number of hydrogen-bond acceptors (Lipinski definition) is 5. The fourth-order valence-electron chi connectivity index (χ4n) is 4.00. The van der Waals surface area contributed by atoms with Gasteiger partial charge in [-0.05, 0) is 42.3 Å². The van der Waals surface area contributed by atoms with Crippen LogP contribution >= 0.6 is 0 Å². The van der Waals surface area contributed by atoms with Gasteiger partial charge in [-0.2, -0.15) is 18.4 Å². The molecule has 186 valence electrons. The average molecular weight is 489 g/mol. The van der Waals surface area contributed by atoms with Crippen molar-refractivity contribution in [1.82, 2.24) is 10.2 Å². The van der Waals surface area contributed by atoms with Crippen LogP contribution in [-0.4, -0.2) is 62.7 Å². The molecule has 2 aromatic rings. The smallest absolute Gasteiger partial charge is 0.383 e. The van der Waals surface area contributed by atoms with Crippen molar-refractivity contribution < 1.29 is 27.5 Å². The number of rotatable bonds is 7. The number of nitrogens with zero attached hydrogens (tertiary/aromatic N) is 3. The zero-order valence-electron chi connectivity index (χ0n) is 19.6. The number of carbonyl (C=O) groups is 2. The van der Waals surface area contributed by atoms with Gasteiger partial charge >= 0.3 is 6.18 Å². The lowest BCUT2D eigenvalue weighted by Crippen LogP contribution is -2.60. The third-order valence-corrected chi connectivity index (χ3v) is 5.95. The van der Waals surface area contributed by atoms with Crippen molar-refractivity contribution in [2.75, 3.05) is 44.8 Å². The van der Waals surface area contributed by atoms with Crippen LogP contribution in [0.1, 0.15) is 34.0 Å². The van der Waals surface area contributed by atoms with Crippen molar-refractivity contribution in [3.8, 4) is 6.07 Å². The Morgan fingerprint density at radius 1 is 1.17 bits per heavy atom. The van der Waals surface area contributed by atoms with E-state index in [1.807, 2.05) is 19.1 Å². The van der Waals surface area contributed by atoms with Crippen molar-refractivity contribution in [3.05, 3.63) is 64.7 Å². The number of piperazine rings is 1. The second-order valence-electron chi connectivity index (χ2n) is 8.13. The van der Waals surface area contributed by atoms with Gasteiger partial charge in [0.05, 0.1) is 30.3 Å². The first kappa shape index (κ1) is 26.0. The number of carbonyl (C=O) groups excluding carboxylic acids is 2. The Labute approximate surface area is 202 Å². The number of nitrogens with one attached hydrogen (secondary N) is 1. The molecule has 1 fully saturated rings. The molecule has 0 aromatic heterocycles. The van der Waals surface area contributed by atoms with Crippen LogP contribution in [0.2, 0.25) is 0 Å². The van der Waals surface area contributed by atoms with E-state index in [-0.39, 0.29) is 44.4 Å². The molecule has 10 heteroatoms. The SMILES string of the molecule is CCc1ccc(C(=O)N2CCN(c3ccc(C#N)c(C(F)(F)F)c3)C(C(=O)NCCOC)C2)cc1. The van der Waals surface area contributed by atoms with Gasteiger partial charge in [0, 0.05) is 38.0 Å². The van der Waals surface area contributed by atoms with Crippen LogP contribution in [0.15, 0.2) is 42.5 Å². The van der Waals surface area contributed by atoms with E-state index in [0.717, 1.165) is 24.1 Å². The fourth-order valence-corrected chi connectivity index (χ4v) is 4.00. The second kappa shape index (κ2) is 11.2. The van der Waals surface area contributed by atoms with Gasteiger partial charge in [-0.3, -0.25) is 9.59 Å². The molecule has 0 spiro atoms. The zero-order chi connectivity index (χ0) is 25.6. The molecule has 1 heterocycles. The normalized spacial score (nSPS) is 16.1. The predicted molar refractivity (Wildman–Crippen MR) is 124 cm³/mol. The number of methoxy groups -OCH3 is 1. The monoisotopic (exact) mass is 488 g/mol. The molecule has 2 aromatic carbocycles. The van der Waals surface area contributed by atoms with Crippen molar-refractivity contribution in [2.45, 2.75) is 25.6 Å². The lowest BCUT2D eigenvalue weighted by molar-refractivity contribution is -0.137. The minimum absolute atomic E-state index is 0.00543. The molecule has 35 heavy (non-hydrogen) atoms. The van der Waals surface area contributed by atoms with Gasteiger partial charge in [0.25, 0.3) is 5.91 Å². The number of benzene rings is 2. The highest BCUT2D eigenvalue weighted by molar-refractivity contribution is 5.95. The van der Waals surface area contributed by atoms with Crippen LogP contribution in [-0.2, 0) is 22.1 Å². The van der Waals surface area contributed by atoms with E-state index in [9.17, 15) is 22.8 Å². The van der Waals surface area contributed by atoms with Gasteiger partial charge in [-0.25, -0.2) is 0 Å². The lowest BCUT2D eigenvalue weighted by Gasteiger charge is -2.42. The van der Waals surface area contributed by atoms with E-state index in [0.29, 0.717) is 5.56 Å². The van der Waals surface area contributed by atoms with Crippen LogP contribution in [0.3, 0.4) is 0 Å². The molecular formula is C25H27F3N4O3. The number of hydrogen-bond donors (Lipinski definition) is 1. The third kappa shape index (κ3) is 6.11. The summed E-state index contributed by atoms with van der Waals surface area (Å²) in [6.45, 7) is 2.85. The zero-order valence-corrected chi connectivity index (χ0v) is 19.6. The summed E-state index contributed by atoms with van der Waals surface area (Å²) in [5, 5.41) is 11.8. The number of amides is 2. The van der Waals surface area contributed by atoms with Crippen LogP contribution in [0, 0.1) is 11.3 Å². The topological polar surface area (TPSA) is 85.7 Å². The summed E-state index contributed by atoms with van der Waals surface area (Å²) in [6.07, 6.45) is -3.89. The molecule has 0 aliphatic carbocycles. The summed E-state index contributed by atoms with van der Waals surface area (Å²) < 4.78 is 45.6. The second-order valence-corrected chi connectivity index (χ2v) is 8.13. The summed E-state index contributed by atoms with van der Waals surface area (Å²) in [5.74, 6) is -0.684. The number of ether oxygens (including phenoxy) is 1. The largest absolute Gasteiger partial charge is 0.417 e. The number of alkyl halides is 3. The van der Waals surface area contributed by atoms with E-state index < -0.39 is 29.3 Å². The predicted octanol–water partition coefficient (Wildman–Crippen LogP) is 3.23. The molecule has 2 amide bonds. The van der Waals surface area contributed by atoms with Crippen molar-refractivity contribution >= 4 is 17.5 Å². The van der Waals surface area contributed by atoms with Crippen LogP contribution in [0.4, 0.5) is 18.9 Å². The first-order valence-corrected chi connectivity index (χ1v) is 11.2. The Morgan fingerprint density at radius 2 is 1.89 bits per heavy atom. The van der Waals surface area contributed by atoms with E-state index in [1.165, 1.54) is 18.1 Å². The van der Waals surface area contributed by atoms with Crippen molar-refractivity contribution in [2.24, 2.45) is 0 Å². The van der Waals surface area contributed by atoms with Crippen LogP contribution in [0.5, 0.6) is 0 Å². The van der Waals surface area contributed by atoms with Gasteiger partial charge in [0.2, 0.25) is 5.91 Å². The molecule has 0 radical (unpaired) electrons. The molecule has 0 saturated carbocycles. The summed E-state index contributed by atoms with van der Waals surface area (Å²) >= 11 is 0. The summed E-state index contributed by atoms with van der Waals surface area (Å²) in [7, 11) is 1.48. The molecule has 0 bridgehead atoms. The molecule has 7 nitrogen and oxygen atoms in total. The number of nitriles is 1. The van der Waals surface area contributed by atoms with E-state index in [2.05, 4.69) is 5.32 Å². The van der Waals surface area contributed by atoms with Crippen molar-refractivity contribution in [1.29, 1.82) is 5.26 Å². The minimum Gasteiger partial charge on any atom is -0.383 e. The number of aryl methyl sites for hydroxylation is 1. The van der Waals surface area contributed by atoms with Crippen LogP contribution in [0.25, 0.3) is 0 Å². The van der Waals surface area contributed by atoms with Gasteiger partial charge in [-0.1, -0.05) is 19.1 Å². The maximum Gasteiger partial charge on any atom is 0.417 e. The third-order valence-electron chi connectivity index (χ3n) is 5.95.